The largest absolute Gasteiger partial charge is 0.481 e. The molecular formula is C15H19FN2O3. The average molecular weight is 294 g/mol. The first kappa shape index (κ1) is 15.3. The highest BCUT2D eigenvalue weighted by molar-refractivity contribution is 5.98. The van der Waals surface area contributed by atoms with Gasteiger partial charge in [-0.2, -0.15) is 0 Å². The molecule has 2 atom stereocenters. The van der Waals surface area contributed by atoms with E-state index in [1.54, 1.807) is 6.07 Å². The number of rotatable bonds is 5. The van der Waals surface area contributed by atoms with Gasteiger partial charge in [0.25, 0.3) is 5.91 Å². The van der Waals surface area contributed by atoms with Crippen molar-refractivity contribution in [1.82, 2.24) is 0 Å². The molecule has 0 bridgehead atoms. The Bertz CT molecular complexity index is 548. The van der Waals surface area contributed by atoms with E-state index in [4.69, 9.17) is 5.73 Å². The first-order valence-electron chi connectivity index (χ1n) is 7.05. The van der Waals surface area contributed by atoms with Gasteiger partial charge in [-0.05, 0) is 30.9 Å². The Hall–Kier alpha value is -2.11. The van der Waals surface area contributed by atoms with Gasteiger partial charge in [-0.15, -0.1) is 0 Å². The molecule has 1 fully saturated rings. The molecule has 0 heterocycles. The third-order valence-corrected chi connectivity index (χ3v) is 4.04. The number of halogens is 1. The van der Waals surface area contributed by atoms with Gasteiger partial charge in [-0.3, -0.25) is 9.59 Å². The smallest absolute Gasteiger partial charge is 0.306 e. The molecule has 0 spiro atoms. The summed E-state index contributed by atoms with van der Waals surface area (Å²) >= 11 is 0. The van der Waals surface area contributed by atoms with Gasteiger partial charge in [-0.25, -0.2) is 4.39 Å². The number of benzene rings is 1. The van der Waals surface area contributed by atoms with Gasteiger partial charge in [-0.1, -0.05) is 18.9 Å². The zero-order chi connectivity index (χ0) is 15.4. The van der Waals surface area contributed by atoms with E-state index in [0.717, 1.165) is 19.3 Å². The summed E-state index contributed by atoms with van der Waals surface area (Å²) < 4.78 is 13.6. The number of anilines is 1. The van der Waals surface area contributed by atoms with Crippen molar-refractivity contribution in [3.63, 3.8) is 0 Å². The Morgan fingerprint density at radius 3 is 2.71 bits per heavy atom. The van der Waals surface area contributed by atoms with Crippen LogP contribution in [0.3, 0.4) is 0 Å². The van der Waals surface area contributed by atoms with Crippen molar-refractivity contribution in [2.24, 2.45) is 17.6 Å². The van der Waals surface area contributed by atoms with Crippen LogP contribution in [0.4, 0.5) is 10.1 Å². The number of primary amides is 1. The fourth-order valence-corrected chi connectivity index (χ4v) is 2.94. The molecular weight excluding hydrogens is 275 g/mol. The van der Waals surface area contributed by atoms with E-state index in [0.29, 0.717) is 18.7 Å². The number of carboxylic acid groups (broad SMARTS) is 1. The van der Waals surface area contributed by atoms with Crippen LogP contribution in [-0.4, -0.2) is 23.5 Å². The second-order valence-corrected chi connectivity index (χ2v) is 5.40. The quantitative estimate of drug-likeness (QED) is 0.776. The van der Waals surface area contributed by atoms with Crippen LogP contribution < -0.4 is 11.1 Å². The number of hydrogen-bond acceptors (Lipinski definition) is 3. The van der Waals surface area contributed by atoms with Crippen LogP contribution in [0.25, 0.3) is 0 Å². The minimum Gasteiger partial charge on any atom is -0.481 e. The van der Waals surface area contributed by atoms with Crippen molar-refractivity contribution < 1.29 is 19.1 Å². The van der Waals surface area contributed by atoms with E-state index in [9.17, 15) is 19.1 Å². The second kappa shape index (κ2) is 6.56. The highest BCUT2D eigenvalue weighted by atomic mass is 19.1. The molecule has 2 unspecified atom stereocenters. The number of carboxylic acids is 1. The lowest BCUT2D eigenvalue weighted by Gasteiger charge is -2.29. The highest BCUT2D eigenvalue weighted by Gasteiger charge is 2.30. The zero-order valence-corrected chi connectivity index (χ0v) is 11.6. The molecule has 1 aromatic rings. The molecule has 1 saturated carbocycles. The Kier molecular flexibility index (Phi) is 4.77. The maximum atomic E-state index is 13.6. The summed E-state index contributed by atoms with van der Waals surface area (Å²) in [6, 6.07) is 4.23. The number of nitrogens with two attached hydrogens (primary N) is 1. The highest BCUT2D eigenvalue weighted by Crippen LogP contribution is 2.31. The number of aliphatic carboxylic acids is 1. The van der Waals surface area contributed by atoms with Crippen LogP contribution in [0, 0.1) is 17.7 Å². The Labute approximate surface area is 122 Å². The van der Waals surface area contributed by atoms with Gasteiger partial charge >= 0.3 is 5.97 Å². The van der Waals surface area contributed by atoms with Crippen molar-refractivity contribution >= 4 is 17.6 Å². The lowest BCUT2D eigenvalue weighted by atomic mass is 9.79. The second-order valence-electron chi connectivity index (χ2n) is 5.40. The van der Waals surface area contributed by atoms with E-state index in [1.165, 1.54) is 12.1 Å². The topological polar surface area (TPSA) is 92.4 Å². The van der Waals surface area contributed by atoms with Crippen molar-refractivity contribution in [2.45, 2.75) is 25.7 Å². The summed E-state index contributed by atoms with van der Waals surface area (Å²) in [6.07, 6.45) is 3.38. The summed E-state index contributed by atoms with van der Waals surface area (Å²) in [5.41, 5.74) is 5.32. The molecule has 0 aromatic heterocycles. The van der Waals surface area contributed by atoms with Crippen LogP contribution >= 0.6 is 0 Å². The molecule has 0 radical (unpaired) electrons. The maximum Gasteiger partial charge on any atom is 0.306 e. The minimum atomic E-state index is -0.839. The van der Waals surface area contributed by atoms with Crippen LogP contribution in [0.1, 0.15) is 36.0 Å². The van der Waals surface area contributed by atoms with Crippen molar-refractivity contribution in [2.75, 3.05) is 11.9 Å². The van der Waals surface area contributed by atoms with Crippen LogP contribution in [0.2, 0.25) is 0 Å². The third kappa shape index (κ3) is 3.51. The number of nitrogens with one attached hydrogen (secondary N) is 1. The monoisotopic (exact) mass is 294 g/mol. The average Bonchev–Trinajstić information content (AvgIpc) is 2.44. The molecule has 0 saturated heterocycles. The molecule has 1 amide bonds. The number of hydrogen-bond donors (Lipinski definition) is 3. The van der Waals surface area contributed by atoms with Crippen molar-refractivity contribution in [1.29, 1.82) is 0 Å². The van der Waals surface area contributed by atoms with E-state index in [2.05, 4.69) is 5.32 Å². The molecule has 0 aliphatic heterocycles. The molecule has 1 aliphatic carbocycles. The van der Waals surface area contributed by atoms with Gasteiger partial charge in [0, 0.05) is 12.2 Å². The Balaban J connectivity index is 2.10. The summed E-state index contributed by atoms with van der Waals surface area (Å²) in [5, 5.41) is 12.2. The summed E-state index contributed by atoms with van der Waals surface area (Å²) in [4.78, 5) is 22.6. The van der Waals surface area contributed by atoms with Crippen LogP contribution in [0.15, 0.2) is 18.2 Å². The van der Waals surface area contributed by atoms with E-state index >= 15 is 0 Å². The fraction of sp³-hybridized carbons (Fsp3) is 0.467. The molecule has 114 valence electrons. The SMILES string of the molecule is NC(=O)c1c(F)cccc1NCC1CCCCC1C(=O)O. The minimum absolute atomic E-state index is 0.0276. The molecule has 1 aromatic carbocycles. The van der Waals surface area contributed by atoms with Crippen LogP contribution in [-0.2, 0) is 4.79 Å². The zero-order valence-electron chi connectivity index (χ0n) is 11.6. The Morgan fingerprint density at radius 2 is 2.05 bits per heavy atom. The number of carbonyl (C=O) groups is 2. The predicted molar refractivity (Wildman–Crippen MR) is 76.5 cm³/mol. The van der Waals surface area contributed by atoms with E-state index in [-0.39, 0.29) is 11.5 Å². The normalized spacial score (nSPS) is 21.8. The van der Waals surface area contributed by atoms with Gasteiger partial charge < -0.3 is 16.2 Å². The molecule has 5 nitrogen and oxygen atoms in total. The van der Waals surface area contributed by atoms with Gasteiger partial charge in [0.15, 0.2) is 0 Å². The van der Waals surface area contributed by atoms with E-state index in [1.807, 2.05) is 0 Å². The molecule has 4 N–H and O–H groups in total. The third-order valence-electron chi connectivity index (χ3n) is 4.04. The number of amides is 1. The summed E-state index contributed by atoms with van der Waals surface area (Å²) in [6.45, 7) is 0.390. The van der Waals surface area contributed by atoms with Gasteiger partial charge in [0.05, 0.1) is 11.5 Å². The number of carbonyl (C=O) groups excluding carboxylic acids is 1. The lowest BCUT2D eigenvalue weighted by molar-refractivity contribution is -0.144. The Morgan fingerprint density at radius 1 is 1.33 bits per heavy atom. The first-order valence-corrected chi connectivity index (χ1v) is 7.05. The molecule has 6 heteroatoms. The fourth-order valence-electron chi connectivity index (χ4n) is 2.94. The first-order chi connectivity index (χ1) is 10.0. The lowest BCUT2D eigenvalue weighted by Crippen LogP contribution is -2.32. The molecule has 21 heavy (non-hydrogen) atoms. The maximum absolute atomic E-state index is 13.6. The standard InChI is InChI=1S/C15H19FN2O3/c16-11-6-3-7-12(13(11)14(17)19)18-8-9-4-1-2-5-10(9)15(20)21/h3,6-7,9-10,18H,1-2,4-5,8H2,(H2,17,19)(H,20,21). The predicted octanol–water partition coefficient (Wildman–Crippen LogP) is 2.23. The van der Waals surface area contributed by atoms with Gasteiger partial charge in [0.1, 0.15) is 5.82 Å². The van der Waals surface area contributed by atoms with Crippen LogP contribution in [0.5, 0.6) is 0 Å². The summed E-state index contributed by atoms with van der Waals surface area (Å²) in [7, 11) is 0. The van der Waals surface area contributed by atoms with Crippen molar-refractivity contribution in [3.05, 3.63) is 29.6 Å². The van der Waals surface area contributed by atoms with E-state index < -0.39 is 23.6 Å². The van der Waals surface area contributed by atoms with Crippen molar-refractivity contribution in [3.8, 4) is 0 Å². The molecule has 2 rings (SSSR count). The van der Waals surface area contributed by atoms with Gasteiger partial charge in [0.2, 0.25) is 0 Å². The molecule has 1 aliphatic rings. The summed E-state index contributed by atoms with van der Waals surface area (Å²) in [5.74, 6) is -2.73.